The second-order valence-corrected chi connectivity index (χ2v) is 9.51. The summed E-state index contributed by atoms with van der Waals surface area (Å²) in [6.07, 6.45) is 9.09. The van der Waals surface area contributed by atoms with Crippen molar-refractivity contribution in [3.63, 3.8) is 0 Å². The molecule has 2 aromatic heterocycles. The predicted octanol–water partition coefficient (Wildman–Crippen LogP) is 3.74. The molecule has 0 aliphatic carbocycles. The van der Waals surface area contributed by atoms with E-state index < -0.39 is 5.60 Å². The van der Waals surface area contributed by atoms with Gasteiger partial charge in [0.2, 0.25) is 0 Å². The van der Waals surface area contributed by atoms with Crippen molar-refractivity contribution >= 4 is 5.91 Å². The SMILES string of the molecule is CN1CCC(n2ncc3c2-c2ccccc2OC32CCN(C(=O)c3ccncc3)CC2)CC1. The van der Waals surface area contributed by atoms with Gasteiger partial charge in [-0.25, -0.2) is 0 Å². The van der Waals surface area contributed by atoms with Crippen LogP contribution < -0.4 is 4.74 Å². The lowest BCUT2D eigenvalue weighted by molar-refractivity contribution is -0.00183. The van der Waals surface area contributed by atoms with Gasteiger partial charge in [0.25, 0.3) is 5.91 Å². The highest BCUT2D eigenvalue weighted by molar-refractivity contribution is 5.94. The summed E-state index contributed by atoms with van der Waals surface area (Å²) in [5.74, 6) is 0.985. The number of hydrogen-bond donors (Lipinski definition) is 0. The predicted molar refractivity (Wildman–Crippen MR) is 125 cm³/mol. The van der Waals surface area contributed by atoms with E-state index in [0.717, 1.165) is 50.1 Å². The number of fused-ring (bicyclic) bond motifs is 4. The normalized spacial score (nSPS) is 20.2. The number of pyridine rings is 1. The van der Waals surface area contributed by atoms with E-state index in [2.05, 4.69) is 39.8 Å². The van der Waals surface area contributed by atoms with Crippen LogP contribution in [0.25, 0.3) is 11.3 Å². The maximum absolute atomic E-state index is 13.0. The van der Waals surface area contributed by atoms with Crippen molar-refractivity contribution in [1.82, 2.24) is 24.6 Å². The summed E-state index contributed by atoms with van der Waals surface area (Å²) in [6.45, 7) is 3.49. The summed E-state index contributed by atoms with van der Waals surface area (Å²) in [5.41, 5.74) is 3.76. The fraction of sp³-hybridized carbons (Fsp3) is 0.423. The minimum Gasteiger partial charge on any atom is -0.482 e. The van der Waals surface area contributed by atoms with Gasteiger partial charge in [-0.15, -0.1) is 0 Å². The van der Waals surface area contributed by atoms with Crippen LogP contribution in [0.5, 0.6) is 5.75 Å². The van der Waals surface area contributed by atoms with Crippen LogP contribution in [0.4, 0.5) is 0 Å². The molecule has 0 radical (unpaired) electrons. The third-order valence-corrected chi connectivity index (χ3v) is 7.55. The van der Waals surface area contributed by atoms with E-state index in [-0.39, 0.29) is 5.91 Å². The molecule has 170 valence electrons. The molecule has 0 bridgehead atoms. The fourth-order valence-electron chi connectivity index (χ4n) is 5.62. The number of carbonyl (C=O) groups is 1. The van der Waals surface area contributed by atoms with Crippen LogP contribution in [0.3, 0.4) is 0 Å². The molecule has 3 aromatic rings. The van der Waals surface area contributed by atoms with E-state index in [1.54, 1.807) is 24.5 Å². The van der Waals surface area contributed by atoms with Gasteiger partial charge in [0.1, 0.15) is 11.4 Å². The topological polar surface area (TPSA) is 63.5 Å². The first-order chi connectivity index (χ1) is 16.1. The van der Waals surface area contributed by atoms with E-state index in [9.17, 15) is 4.79 Å². The smallest absolute Gasteiger partial charge is 0.253 e. The van der Waals surface area contributed by atoms with Gasteiger partial charge in [0, 0.05) is 55.0 Å². The maximum Gasteiger partial charge on any atom is 0.253 e. The number of likely N-dealkylation sites (tertiary alicyclic amines) is 2. The van der Waals surface area contributed by atoms with Gasteiger partial charge in [-0.2, -0.15) is 5.10 Å². The summed E-state index contributed by atoms with van der Waals surface area (Å²) >= 11 is 0. The van der Waals surface area contributed by atoms with Crippen molar-refractivity contribution in [3.05, 3.63) is 66.1 Å². The number of rotatable bonds is 2. The van der Waals surface area contributed by atoms with Gasteiger partial charge in [-0.1, -0.05) is 12.1 Å². The molecule has 7 heteroatoms. The molecule has 6 rings (SSSR count). The molecule has 0 atom stereocenters. The van der Waals surface area contributed by atoms with Crippen LogP contribution in [0.2, 0.25) is 0 Å². The Morgan fingerprint density at radius 3 is 2.52 bits per heavy atom. The number of benzene rings is 1. The van der Waals surface area contributed by atoms with Crippen LogP contribution in [-0.4, -0.2) is 63.7 Å². The highest BCUT2D eigenvalue weighted by Gasteiger charge is 2.46. The summed E-state index contributed by atoms with van der Waals surface area (Å²) in [7, 11) is 2.19. The Balaban J connectivity index is 1.32. The minimum absolute atomic E-state index is 0.0608. The highest BCUT2D eigenvalue weighted by atomic mass is 16.5. The summed E-state index contributed by atoms with van der Waals surface area (Å²) in [4.78, 5) is 21.3. The first-order valence-corrected chi connectivity index (χ1v) is 11.9. The molecule has 1 spiro atoms. The zero-order chi connectivity index (χ0) is 22.4. The Morgan fingerprint density at radius 1 is 1.03 bits per heavy atom. The summed E-state index contributed by atoms with van der Waals surface area (Å²) in [6, 6.07) is 12.3. The average molecular weight is 444 g/mol. The monoisotopic (exact) mass is 443 g/mol. The maximum atomic E-state index is 13.0. The second-order valence-electron chi connectivity index (χ2n) is 9.51. The number of ether oxygens (including phenoxy) is 1. The van der Waals surface area contributed by atoms with Crippen molar-refractivity contribution in [3.8, 4) is 17.0 Å². The first kappa shape index (κ1) is 20.4. The Kier molecular flexibility index (Phi) is 4.94. The van der Waals surface area contributed by atoms with Crippen LogP contribution in [0, 0.1) is 0 Å². The quantitative estimate of drug-likeness (QED) is 0.604. The molecule has 1 aromatic carbocycles. The summed E-state index contributed by atoms with van der Waals surface area (Å²) in [5, 5.41) is 4.93. The van der Waals surface area contributed by atoms with Crippen molar-refractivity contribution in [2.24, 2.45) is 0 Å². The van der Waals surface area contributed by atoms with Gasteiger partial charge in [-0.05, 0) is 57.2 Å². The molecule has 1 amide bonds. The molecule has 0 unspecified atom stereocenters. The molecular formula is C26H29N5O2. The molecule has 33 heavy (non-hydrogen) atoms. The number of para-hydroxylation sites is 1. The van der Waals surface area contributed by atoms with Crippen molar-refractivity contribution < 1.29 is 9.53 Å². The van der Waals surface area contributed by atoms with Crippen LogP contribution >= 0.6 is 0 Å². The van der Waals surface area contributed by atoms with Crippen LogP contribution in [0.1, 0.15) is 47.6 Å². The van der Waals surface area contributed by atoms with E-state index in [1.165, 1.54) is 11.3 Å². The molecular weight excluding hydrogens is 414 g/mol. The molecule has 3 aliphatic heterocycles. The Bertz CT molecular complexity index is 1160. The number of piperidine rings is 2. The van der Waals surface area contributed by atoms with E-state index in [1.807, 2.05) is 17.2 Å². The molecule has 2 fully saturated rings. The van der Waals surface area contributed by atoms with E-state index >= 15 is 0 Å². The van der Waals surface area contributed by atoms with Crippen molar-refractivity contribution in [1.29, 1.82) is 0 Å². The fourth-order valence-corrected chi connectivity index (χ4v) is 5.62. The molecule has 7 nitrogen and oxygen atoms in total. The number of hydrogen-bond acceptors (Lipinski definition) is 5. The summed E-state index contributed by atoms with van der Waals surface area (Å²) < 4.78 is 8.99. The zero-order valence-electron chi connectivity index (χ0n) is 19.0. The number of nitrogens with zero attached hydrogens (tertiary/aromatic N) is 5. The number of carbonyl (C=O) groups excluding carboxylic acids is 1. The van der Waals surface area contributed by atoms with Gasteiger partial charge in [0.15, 0.2) is 0 Å². The zero-order valence-corrected chi connectivity index (χ0v) is 19.0. The Morgan fingerprint density at radius 2 is 1.76 bits per heavy atom. The average Bonchev–Trinajstić information content (AvgIpc) is 3.32. The molecule has 0 N–H and O–H groups in total. The van der Waals surface area contributed by atoms with Gasteiger partial charge < -0.3 is 14.5 Å². The van der Waals surface area contributed by atoms with Gasteiger partial charge in [0.05, 0.1) is 17.9 Å². The van der Waals surface area contributed by atoms with Gasteiger partial charge in [-0.3, -0.25) is 14.5 Å². The molecule has 0 saturated carbocycles. The van der Waals surface area contributed by atoms with Crippen molar-refractivity contribution in [2.75, 3.05) is 33.2 Å². The third kappa shape index (κ3) is 3.42. The van der Waals surface area contributed by atoms with E-state index in [4.69, 9.17) is 9.84 Å². The minimum atomic E-state index is -0.442. The first-order valence-electron chi connectivity index (χ1n) is 11.9. The lowest BCUT2D eigenvalue weighted by Crippen LogP contribution is -2.49. The van der Waals surface area contributed by atoms with E-state index in [0.29, 0.717) is 24.7 Å². The third-order valence-electron chi connectivity index (χ3n) is 7.55. The van der Waals surface area contributed by atoms with Gasteiger partial charge >= 0.3 is 0 Å². The Hall–Kier alpha value is -3.19. The Labute approximate surface area is 194 Å². The van der Waals surface area contributed by atoms with Crippen molar-refractivity contribution in [2.45, 2.75) is 37.3 Å². The lowest BCUT2D eigenvalue weighted by Gasteiger charge is -2.44. The highest BCUT2D eigenvalue weighted by Crippen LogP contribution is 2.50. The second kappa shape index (κ2) is 7.99. The van der Waals surface area contributed by atoms with Crippen LogP contribution in [-0.2, 0) is 5.60 Å². The molecule has 3 aliphatic rings. The molecule has 5 heterocycles. The molecule has 2 saturated heterocycles. The largest absolute Gasteiger partial charge is 0.482 e. The standard InChI is InChI=1S/C26H29N5O2/c1-29-14-8-20(9-15-29)31-24-21-4-2-3-5-23(21)33-26(22(24)18-28-31)10-16-30(17-11-26)25(32)19-6-12-27-13-7-19/h2-7,12-13,18,20H,8-11,14-17H2,1H3. The van der Waals surface area contributed by atoms with Crippen LogP contribution in [0.15, 0.2) is 55.0 Å². The lowest BCUT2D eigenvalue weighted by atomic mass is 9.80. The number of amides is 1. The number of aromatic nitrogens is 3.